The molecule has 1 atom stereocenters. The molecule has 1 amide bonds. The van der Waals surface area contributed by atoms with Crippen LogP contribution in [0.5, 0.6) is 0 Å². The van der Waals surface area contributed by atoms with Crippen molar-refractivity contribution >= 4 is 40.8 Å². The van der Waals surface area contributed by atoms with E-state index in [-0.39, 0.29) is 21.3 Å². The molecule has 0 aliphatic rings. The summed E-state index contributed by atoms with van der Waals surface area (Å²) in [5, 5.41) is 10.4. The fourth-order valence-electron chi connectivity index (χ4n) is 2.41. The monoisotopic (exact) mass is 435 g/mol. The molecule has 0 fully saturated rings. The van der Waals surface area contributed by atoms with E-state index in [4.69, 9.17) is 23.2 Å². The van der Waals surface area contributed by atoms with E-state index in [1.54, 1.807) is 0 Å². The Morgan fingerprint density at radius 1 is 1.04 bits per heavy atom. The van der Waals surface area contributed by atoms with Gasteiger partial charge in [0.15, 0.2) is 0 Å². The molecule has 0 saturated heterocycles. The van der Waals surface area contributed by atoms with Crippen LogP contribution in [0.1, 0.15) is 15.9 Å². The highest BCUT2D eigenvalue weighted by atomic mass is 35.5. The fourth-order valence-corrected chi connectivity index (χ4v) is 2.71. The molecule has 2 rings (SSSR count). The van der Waals surface area contributed by atoms with Crippen LogP contribution < -0.4 is 4.90 Å². The molecule has 0 radical (unpaired) electrons. The van der Waals surface area contributed by atoms with Gasteiger partial charge < -0.3 is 14.7 Å². The highest BCUT2D eigenvalue weighted by Gasteiger charge is 2.62. The largest absolute Gasteiger partial charge is 0.466 e. The third-order valence-electron chi connectivity index (χ3n) is 4.03. The van der Waals surface area contributed by atoms with Gasteiger partial charge in [0.2, 0.25) is 0 Å². The molecular weight excluding hydrogens is 422 g/mol. The Kier molecular flexibility index (Phi) is 6.27. The minimum Gasteiger partial charge on any atom is -0.466 e. The van der Waals surface area contributed by atoms with E-state index in [1.807, 2.05) is 0 Å². The van der Waals surface area contributed by atoms with E-state index in [9.17, 15) is 27.9 Å². The first kappa shape index (κ1) is 22.0. The molecule has 150 valence electrons. The van der Waals surface area contributed by atoms with E-state index < -0.39 is 29.2 Å². The molecule has 5 nitrogen and oxygen atoms in total. The van der Waals surface area contributed by atoms with Gasteiger partial charge in [-0.05, 0) is 30.3 Å². The second-order valence-electron chi connectivity index (χ2n) is 5.74. The second-order valence-corrected chi connectivity index (χ2v) is 6.55. The lowest BCUT2D eigenvalue weighted by Crippen LogP contribution is -2.49. The number of halogens is 5. The molecule has 0 aromatic heterocycles. The number of rotatable bonds is 4. The van der Waals surface area contributed by atoms with Crippen LogP contribution in [0.2, 0.25) is 10.0 Å². The van der Waals surface area contributed by atoms with Crippen LogP contribution in [0.15, 0.2) is 42.5 Å². The van der Waals surface area contributed by atoms with E-state index >= 15 is 0 Å². The number of anilines is 1. The predicted molar refractivity (Wildman–Crippen MR) is 97.6 cm³/mol. The number of alkyl halides is 3. The molecule has 0 bridgehead atoms. The van der Waals surface area contributed by atoms with Crippen molar-refractivity contribution in [1.82, 2.24) is 0 Å². The fraction of sp³-hybridized carbons (Fsp3) is 0.222. The van der Waals surface area contributed by atoms with Gasteiger partial charge in [-0.2, -0.15) is 13.2 Å². The molecule has 2 aromatic rings. The van der Waals surface area contributed by atoms with Crippen LogP contribution in [0, 0.1) is 0 Å². The first-order valence-corrected chi connectivity index (χ1v) is 8.40. The molecule has 0 heterocycles. The van der Waals surface area contributed by atoms with Gasteiger partial charge >= 0.3 is 12.1 Å². The van der Waals surface area contributed by atoms with Crippen LogP contribution in [0.25, 0.3) is 0 Å². The smallest absolute Gasteiger partial charge is 0.432 e. The van der Waals surface area contributed by atoms with Crippen LogP contribution in [-0.2, 0) is 15.1 Å². The summed E-state index contributed by atoms with van der Waals surface area (Å²) in [7, 11) is 2.13. The quantitative estimate of drug-likeness (QED) is 0.731. The molecule has 0 spiro atoms. The van der Waals surface area contributed by atoms with Gasteiger partial charge in [0, 0.05) is 23.9 Å². The third-order valence-corrected chi connectivity index (χ3v) is 4.77. The van der Waals surface area contributed by atoms with E-state index in [0.717, 1.165) is 36.3 Å². The van der Waals surface area contributed by atoms with Gasteiger partial charge in [-0.15, -0.1) is 0 Å². The Morgan fingerprint density at radius 2 is 1.61 bits per heavy atom. The van der Waals surface area contributed by atoms with Gasteiger partial charge in [0.25, 0.3) is 11.5 Å². The van der Waals surface area contributed by atoms with Crippen LogP contribution in [0.3, 0.4) is 0 Å². The Morgan fingerprint density at radius 3 is 2.07 bits per heavy atom. The number of esters is 1. The van der Waals surface area contributed by atoms with Crippen molar-refractivity contribution in [3.05, 3.63) is 63.6 Å². The number of benzene rings is 2. The second kappa shape index (κ2) is 7.98. The summed E-state index contributed by atoms with van der Waals surface area (Å²) < 4.78 is 43.9. The van der Waals surface area contributed by atoms with Gasteiger partial charge in [0.1, 0.15) is 0 Å². The Bertz CT molecular complexity index is 903. The molecule has 2 aromatic carbocycles. The van der Waals surface area contributed by atoms with E-state index in [2.05, 4.69) is 4.74 Å². The van der Waals surface area contributed by atoms with E-state index in [1.165, 1.54) is 25.2 Å². The minimum atomic E-state index is -5.30. The zero-order valence-corrected chi connectivity index (χ0v) is 16.1. The average Bonchev–Trinajstić information content (AvgIpc) is 2.66. The van der Waals surface area contributed by atoms with Crippen LogP contribution in [-0.4, -0.2) is 37.3 Å². The standard InChI is InChI=1S/C18H14Cl2F3NO4/c1-24(15(25)10-3-8-13(19)14(20)9-10)12-6-4-11(5-7-12)17(27,16(26)28-2)18(21,22)23/h3-9,27H,1-2H3/t17-/m1/s1. The Hall–Kier alpha value is -2.29. The predicted octanol–water partition coefficient (Wildman–Crippen LogP) is 4.19. The van der Waals surface area contributed by atoms with Gasteiger partial charge in [-0.3, -0.25) is 4.79 Å². The number of carbonyl (C=O) groups excluding carboxylic acids is 2. The molecule has 0 unspecified atom stereocenters. The number of hydrogen-bond acceptors (Lipinski definition) is 4. The maximum Gasteiger partial charge on any atom is 0.432 e. The Balaban J connectivity index is 2.36. The molecular formula is C18H14Cl2F3NO4. The summed E-state index contributed by atoms with van der Waals surface area (Å²) in [6.45, 7) is 0. The van der Waals surface area contributed by atoms with Gasteiger partial charge in [-0.25, -0.2) is 4.79 Å². The van der Waals surface area contributed by atoms with Gasteiger partial charge in [-0.1, -0.05) is 35.3 Å². The molecule has 1 N–H and O–H groups in total. The molecule has 0 aliphatic heterocycles. The molecule has 10 heteroatoms. The van der Waals surface area contributed by atoms with Crippen molar-refractivity contribution in [2.75, 3.05) is 19.1 Å². The molecule has 0 aliphatic carbocycles. The maximum absolute atomic E-state index is 13.3. The van der Waals surface area contributed by atoms with Crippen molar-refractivity contribution in [3.8, 4) is 0 Å². The zero-order chi connectivity index (χ0) is 21.3. The number of hydrogen-bond donors (Lipinski definition) is 1. The molecule has 28 heavy (non-hydrogen) atoms. The number of methoxy groups -OCH3 is 1. The van der Waals surface area contributed by atoms with Crippen LogP contribution in [0.4, 0.5) is 18.9 Å². The van der Waals surface area contributed by atoms with Crippen molar-refractivity contribution in [3.63, 3.8) is 0 Å². The van der Waals surface area contributed by atoms with Crippen molar-refractivity contribution < 1.29 is 32.6 Å². The highest BCUT2D eigenvalue weighted by molar-refractivity contribution is 6.42. The van der Waals surface area contributed by atoms with Crippen molar-refractivity contribution in [2.24, 2.45) is 0 Å². The lowest BCUT2D eigenvalue weighted by Gasteiger charge is -2.28. The maximum atomic E-state index is 13.3. The first-order valence-electron chi connectivity index (χ1n) is 7.64. The van der Waals surface area contributed by atoms with E-state index in [0.29, 0.717) is 0 Å². The SMILES string of the molecule is COC(=O)[C@](O)(c1ccc(N(C)C(=O)c2ccc(Cl)c(Cl)c2)cc1)C(F)(F)F. The molecule has 0 saturated carbocycles. The topological polar surface area (TPSA) is 66.8 Å². The lowest BCUT2D eigenvalue weighted by molar-refractivity contribution is -0.266. The summed E-state index contributed by atoms with van der Waals surface area (Å²) in [6.07, 6.45) is -5.30. The summed E-state index contributed by atoms with van der Waals surface area (Å²) >= 11 is 11.7. The lowest BCUT2D eigenvalue weighted by atomic mass is 9.93. The highest BCUT2D eigenvalue weighted by Crippen LogP contribution is 2.40. The number of aliphatic hydroxyl groups is 1. The van der Waals surface area contributed by atoms with Crippen molar-refractivity contribution in [1.29, 1.82) is 0 Å². The summed E-state index contributed by atoms with van der Waals surface area (Å²) in [5.41, 5.74) is -4.14. The minimum absolute atomic E-state index is 0.171. The zero-order valence-electron chi connectivity index (χ0n) is 14.6. The number of carbonyl (C=O) groups is 2. The number of ether oxygens (including phenoxy) is 1. The summed E-state index contributed by atoms with van der Waals surface area (Å²) in [6, 6.07) is 8.33. The third kappa shape index (κ3) is 3.94. The Labute approximate surface area is 168 Å². The summed E-state index contributed by atoms with van der Waals surface area (Å²) in [5.74, 6) is -2.36. The van der Waals surface area contributed by atoms with Crippen LogP contribution >= 0.6 is 23.2 Å². The van der Waals surface area contributed by atoms with Crippen molar-refractivity contribution in [2.45, 2.75) is 11.8 Å². The number of nitrogens with zero attached hydrogens (tertiary/aromatic N) is 1. The normalized spacial score (nSPS) is 13.6. The summed E-state index contributed by atoms with van der Waals surface area (Å²) in [4.78, 5) is 25.3. The average molecular weight is 436 g/mol. The first-order chi connectivity index (χ1) is 12.9. The number of amides is 1. The van der Waals surface area contributed by atoms with Gasteiger partial charge in [0.05, 0.1) is 17.2 Å².